The van der Waals surface area contributed by atoms with Crippen molar-refractivity contribution < 1.29 is 4.39 Å². The summed E-state index contributed by atoms with van der Waals surface area (Å²) >= 11 is 0. The molecule has 3 nitrogen and oxygen atoms in total. The number of aromatic nitrogens is 1. The van der Waals surface area contributed by atoms with Crippen molar-refractivity contribution in [3.8, 4) is 5.69 Å². The maximum Gasteiger partial charge on any atom is 0.186 e. The topological polar surface area (TPSA) is 48.0 Å². The smallest absolute Gasteiger partial charge is 0.186 e. The second-order valence-corrected chi connectivity index (χ2v) is 5.47. The third-order valence-corrected chi connectivity index (χ3v) is 3.85. The normalized spacial score (nSPS) is 12.1. The van der Waals surface area contributed by atoms with Gasteiger partial charge in [0, 0.05) is 29.2 Å². The third kappa shape index (κ3) is 3.07. The van der Waals surface area contributed by atoms with Gasteiger partial charge in [0.2, 0.25) is 0 Å². The van der Waals surface area contributed by atoms with Crippen LogP contribution < -0.4 is 11.2 Å². The van der Waals surface area contributed by atoms with E-state index in [9.17, 15) is 9.18 Å². The molecule has 0 aliphatic heterocycles. The van der Waals surface area contributed by atoms with Gasteiger partial charge in [-0.2, -0.15) is 0 Å². The maximum atomic E-state index is 13.5. The first-order valence-electron chi connectivity index (χ1n) is 7.36. The Hall–Kier alpha value is -2.72. The van der Waals surface area contributed by atoms with Gasteiger partial charge in [-0.15, -0.1) is 0 Å². The Morgan fingerprint density at radius 1 is 1.04 bits per heavy atom. The summed E-state index contributed by atoms with van der Waals surface area (Å²) in [6.07, 6.45) is 1.70. The van der Waals surface area contributed by atoms with Gasteiger partial charge in [-0.25, -0.2) is 4.39 Å². The van der Waals surface area contributed by atoms with Crippen LogP contribution in [-0.4, -0.2) is 4.57 Å². The summed E-state index contributed by atoms with van der Waals surface area (Å²) in [5.41, 5.74) is 8.86. The highest BCUT2D eigenvalue weighted by molar-refractivity contribution is 5.38. The van der Waals surface area contributed by atoms with Crippen LogP contribution in [0, 0.1) is 12.7 Å². The Bertz CT molecular complexity index is 887. The highest BCUT2D eigenvalue weighted by atomic mass is 19.1. The van der Waals surface area contributed by atoms with Crippen molar-refractivity contribution in [2.75, 3.05) is 0 Å². The average Bonchev–Trinajstić information content (AvgIpc) is 2.55. The lowest BCUT2D eigenvalue weighted by atomic mass is 10.0. The number of benzene rings is 2. The van der Waals surface area contributed by atoms with Crippen LogP contribution >= 0.6 is 0 Å². The largest absolute Gasteiger partial charge is 0.320 e. The summed E-state index contributed by atoms with van der Waals surface area (Å²) in [7, 11) is 0. The van der Waals surface area contributed by atoms with E-state index in [-0.39, 0.29) is 11.2 Å². The molecule has 0 aliphatic carbocycles. The number of aryl methyl sites for hydroxylation is 1. The Labute approximate surface area is 133 Å². The number of hydrogen-bond acceptors (Lipinski definition) is 2. The van der Waals surface area contributed by atoms with E-state index in [1.54, 1.807) is 22.9 Å². The molecule has 23 heavy (non-hydrogen) atoms. The molecule has 3 aromatic rings. The zero-order chi connectivity index (χ0) is 16.4. The van der Waals surface area contributed by atoms with E-state index in [2.05, 4.69) is 0 Å². The van der Waals surface area contributed by atoms with Crippen LogP contribution in [-0.2, 0) is 0 Å². The molecule has 3 rings (SSSR count). The van der Waals surface area contributed by atoms with Crippen LogP contribution in [0.1, 0.15) is 22.9 Å². The van der Waals surface area contributed by atoms with Crippen molar-refractivity contribution in [2.45, 2.75) is 13.0 Å². The lowest BCUT2D eigenvalue weighted by Crippen LogP contribution is -2.23. The maximum absolute atomic E-state index is 13.5. The van der Waals surface area contributed by atoms with Crippen LogP contribution in [0.5, 0.6) is 0 Å². The molecule has 1 heterocycles. The number of hydrogen-bond donors (Lipinski definition) is 1. The van der Waals surface area contributed by atoms with E-state index in [4.69, 9.17) is 5.73 Å². The Balaban J connectivity index is 2.12. The first-order valence-corrected chi connectivity index (χ1v) is 7.36. The van der Waals surface area contributed by atoms with E-state index in [0.717, 1.165) is 11.3 Å². The van der Waals surface area contributed by atoms with E-state index < -0.39 is 6.04 Å². The SMILES string of the molecule is Cc1cc(=O)c(C(N)c2ccccc2)cn1-c1cccc(F)c1. The first kappa shape index (κ1) is 15.2. The predicted molar refractivity (Wildman–Crippen MR) is 89.2 cm³/mol. The van der Waals surface area contributed by atoms with Crippen molar-refractivity contribution in [3.05, 3.63) is 99.7 Å². The molecule has 2 N–H and O–H groups in total. The molecule has 0 aliphatic rings. The Kier molecular flexibility index (Phi) is 4.08. The van der Waals surface area contributed by atoms with Crippen molar-refractivity contribution >= 4 is 0 Å². The standard InChI is InChI=1S/C19H17FN2O/c1-13-10-18(23)17(19(21)14-6-3-2-4-7-14)12-22(13)16-9-5-8-15(20)11-16/h2-12,19H,21H2,1H3. The van der Waals surface area contributed by atoms with Gasteiger partial charge in [-0.05, 0) is 30.7 Å². The number of rotatable bonds is 3. The molecule has 1 aromatic heterocycles. The van der Waals surface area contributed by atoms with Gasteiger partial charge in [0.25, 0.3) is 0 Å². The lowest BCUT2D eigenvalue weighted by Gasteiger charge is -2.17. The molecule has 0 amide bonds. The number of pyridine rings is 1. The van der Waals surface area contributed by atoms with Crippen molar-refractivity contribution in [1.82, 2.24) is 4.57 Å². The molecule has 116 valence electrons. The van der Waals surface area contributed by atoms with Gasteiger partial charge >= 0.3 is 0 Å². The molecule has 0 radical (unpaired) electrons. The number of nitrogens with zero attached hydrogens (tertiary/aromatic N) is 1. The first-order chi connectivity index (χ1) is 11.1. The number of halogens is 1. The molecule has 0 saturated heterocycles. The summed E-state index contributed by atoms with van der Waals surface area (Å²) in [6.45, 7) is 1.81. The molecular formula is C19H17FN2O. The zero-order valence-electron chi connectivity index (χ0n) is 12.7. The summed E-state index contributed by atoms with van der Waals surface area (Å²) in [4.78, 5) is 12.3. The van der Waals surface area contributed by atoms with E-state index >= 15 is 0 Å². The second kappa shape index (κ2) is 6.18. The molecule has 1 unspecified atom stereocenters. The second-order valence-electron chi connectivity index (χ2n) is 5.47. The zero-order valence-corrected chi connectivity index (χ0v) is 12.7. The fourth-order valence-electron chi connectivity index (χ4n) is 2.62. The van der Waals surface area contributed by atoms with Crippen LogP contribution in [0.25, 0.3) is 5.69 Å². The van der Waals surface area contributed by atoms with Gasteiger partial charge in [-0.3, -0.25) is 4.79 Å². The molecule has 2 aromatic carbocycles. The van der Waals surface area contributed by atoms with E-state index in [1.807, 2.05) is 37.3 Å². The van der Waals surface area contributed by atoms with Crippen LogP contribution in [0.2, 0.25) is 0 Å². The number of nitrogens with two attached hydrogens (primary N) is 1. The Morgan fingerprint density at radius 2 is 1.78 bits per heavy atom. The van der Waals surface area contributed by atoms with E-state index in [0.29, 0.717) is 11.3 Å². The fraction of sp³-hybridized carbons (Fsp3) is 0.105. The van der Waals surface area contributed by atoms with Crippen LogP contribution in [0.4, 0.5) is 4.39 Å². The minimum Gasteiger partial charge on any atom is -0.320 e. The minimum absolute atomic E-state index is 0.119. The summed E-state index contributed by atoms with van der Waals surface area (Å²) in [5, 5.41) is 0. The summed E-state index contributed by atoms with van der Waals surface area (Å²) in [5.74, 6) is -0.325. The quantitative estimate of drug-likeness (QED) is 0.807. The fourth-order valence-corrected chi connectivity index (χ4v) is 2.62. The van der Waals surface area contributed by atoms with Gasteiger partial charge < -0.3 is 10.3 Å². The highest BCUT2D eigenvalue weighted by Gasteiger charge is 2.14. The van der Waals surface area contributed by atoms with Crippen molar-refractivity contribution in [3.63, 3.8) is 0 Å². The van der Waals surface area contributed by atoms with Crippen LogP contribution in [0.3, 0.4) is 0 Å². The predicted octanol–water partition coefficient (Wildman–Crippen LogP) is 3.33. The highest BCUT2D eigenvalue weighted by Crippen LogP contribution is 2.19. The minimum atomic E-state index is -0.524. The van der Waals surface area contributed by atoms with Crippen LogP contribution in [0.15, 0.2) is 71.7 Å². The molecular weight excluding hydrogens is 291 g/mol. The lowest BCUT2D eigenvalue weighted by molar-refractivity contribution is 0.626. The summed E-state index contributed by atoms with van der Waals surface area (Å²) in [6, 6.07) is 16.7. The van der Waals surface area contributed by atoms with Gasteiger partial charge in [0.1, 0.15) is 5.82 Å². The molecule has 0 bridgehead atoms. The molecule has 0 saturated carbocycles. The van der Waals surface area contributed by atoms with Crippen molar-refractivity contribution in [2.24, 2.45) is 5.73 Å². The third-order valence-electron chi connectivity index (χ3n) is 3.85. The van der Waals surface area contributed by atoms with Gasteiger partial charge in [0.05, 0.1) is 6.04 Å². The molecule has 4 heteroatoms. The average molecular weight is 308 g/mol. The Morgan fingerprint density at radius 3 is 2.48 bits per heavy atom. The van der Waals surface area contributed by atoms with Gasteiger partial charge in [-0.1, -0.05) is 36.4 Å². The molecule has 0 fully saturated rings. The van der Waals surface area contributed by atoms with E-state index in [1.165, 1.54) is 18.2 Å². The van der Waals surface area contributed by atoms with Crippen molar-refractivity contribution in [1.29, 1.82) is 0 Å². The molecule has 1 atom stereocenters. The molecule has 0 spiro atoms. The summed E-state index contributed by atoms with van der Waals surface area (Å²) < 4.78 is 15.3. The van der Waals surface area contributed by atoms with Gasteiger partial charge in [0.15, 0.2) is 5.43 Å². The monoisotopic (exact) mass is 308 g/mol.